The van der Waals surface area contributed by atoms with Gasteiger partial charge < -0.3 is 20.4 Å². The topological polar surface area (TPSA) is 84.2 Å². The van der Waals surface area contributed by atoms with Crippen molar-refractivity contribution in [2.45, 2.75) is 30.8 Å². The second-order valence-corrected chi connectivity index (χ2v) is 4.64. The van der Waals surface area contributed by atoms with Crippen molar-refractivity contribution < 1.29 is 20.4 Å². The first-order chi connectivity index (χ1) is 8.69. The van der Waals surface area contributed by atoms with E-state index in [0.29, 0.717) is 6.54 Å². The minimum Gasteiger partial charge on any atom is -0.395 e. The van der Waals surface area contributed by atoms with Crippen molar-refractivity contribution in [1.29, 1.82) is 0 Å². The summed E-state index contributed by atoms with van der Waals surface area (Å²) in [4.78, 5) is 1.82. The molecule has 5 nitrogen and oxygen atoms in total. The van der Waals surface area contributed by atoms with E-state index in [4.69, 9.17) is 5.11 Å². The van der Waals surface area contributed by atoms with Crippen molar-refractivity contribution in [3.63, 3.8) is 0 Å². The van der Waals surface area contributed by atoms with Crippen molar-refractivity contribution in [3.05, 3.63) is 35.9 Å². The number of benzene rings is 1. The van der Waals surface area contributed by atoms with Crippen LogP contribution in [0.15, 0.2) is 30.3 Å². The lowest BCUT2D eigenvalue weighted by molar-refractivity contribution is -0.180. The molecule has 1 heterocycles. The van der Waals surface area contributed by atoms with Gasteiger partial charge in [0.2, 0.25) is 0 Å². The monoisotopic (exact) mass is 253 g/mol. The van der Waals surface area contributed by atoms with E-state index >= 15 is 0 Å². The summed E-state index contributed by atoms with van der Waals surface area (Å²) in [6.07, 6.45) is -1.80. The Hall–Kier alpha value is -0.980. The quantitative estimate of drug-likeness (QED) is 0.538. The molecule has 4 atom stereocenters. The first-order valence-electron chi connectivity index (χ1n) is 6.06. The molecule has 100 valence electrons. The molecule has 1 aliphatic rings. The summed E-state index contributed by atoms with van der Waals surface area (Å²) in [5.74, 6) is 0. The number of hydrogen-bond donors (Lipinski definition) is 4. The van der Waals surface area contributed by atoms with Crippen LogP contribution < -0.4 is 0 Å². The highest BCUT2D eigenvalue weighted by Crippen LogP contribution is 2.30. The van der Waals surface area contributed by atoms with Crippen molar-refractivity contribution in [1.82, 2.24) is 4.90 Å². The Kier molecular flexibility index (Phi) is 4.31. The van der Waals surface area contributed by atoms with Crippen molar-refractivity contribution in [3.8, 4) is 0 Å². The molecule has 5 heteroatoms. The van der Waals surface area contributed by atoms with Crippen LogP contribution in [0, 0.1) is 0 Å². The summed E-state index contributed by atoms with van der Waals surface area (Å²) < 4.78 is 0. The third-order valence-corrected chi connectivity index (χ3v) is 3.53. The van der Waals surface area contributed by atoms with Crippen LogP contribution in [0.5, 0.6) is 0 Å². The average Bonchev–Trinajstić information content (AvgIpc) is 2.40. The molecule has 18 heavy (non-hydrogen) atoms. The van der Waals surface area contributed by atoms with Gasteiger partial charge in [0.1, 0.15) is 0 Å². The van der Waals surface area contributed by atoms with Crippen LogP contribution in [0.4, 0.5) is 0 Å². The third-order valence-electron chi connectivity index (χ3n) is 3.53. The van der Waals surface area contributed by atoms with Crippen LogP contribution in [-0.2, 0) is 6.54 Å². The van der Waals surface area contributed by atoms with Gasteiger partial charge in [0.05, 0.1) is 37.5 Å². The molecule has 0 aliphatic carbocycles. The van der Waals surface area contributed by atoms with Crippen molar-refractivity contribution >= 4 is 0 Å². The lowest BCUT2D eigenvalue weighted by Crippen LogP contribution is -2.72. The molecular formula is C13H19NO4. The molecule has 0 saturated carbocycles. The van der Waals surface area contributed by atoms with Gasteiger partial charge in [-0.05, 0) is 5.56 Å². The molecular weight excluding hydrogens is 234 g/mol. The first-order valence-corrected chi connectivity index (χ1v) is 6.06. The summed E-state index contributed by atoms with van der Waals surface area (Å²) in [5.41, 5.74) is 1.04. The number of likely N-dealkylation sites (tertiary alicyclic amines) is 1. The maximum Gasteiger partial charge on any atom is 0.0951 e. The highest BCUT2D eigenvalue weighted by molar-refractivity contribution is 5.17. The highest BCUT2D eigenvalue weighted by Gasteiger charge is 2.50. The van der Waals surface area contributed by atoms with Crippen LogP contribution in [0.25, 0.3) is 0 Å². The summed E-state index contributed by atoms with van der Waals surface area (Å²) in [5, 5.41) is 37.7. The van der Waals surface area contributed by atoms with Gasteiger partial charge in [-0.15, -0.1) is 0 Å². The molecule has 0 radical (unpaired) electrons. The highest BCUT2D eigenvalue weighted by atomic mass is 16.3. The lowest BCUT2D eigenvalue weighted by Gasteiger charge is -2.53. The number of rotatable bonds is 5. The fourth-order valence-corrected chi connectivity index (χ4v) is 2.53. The average molecular weight is 253 g/mol. The maximum atomic E-state index is 9.84. The molecule has 1 aromatic rings. The van der Waals surface area contributed by atoms with Crippen LogP contribution in [0.1, 0.15) is 5.56 Å². The largest absolute Gasteiger partial charge is 0.395 e. The number of aliphatic hydroxyl groups is 4. The van der Waals surface area contributed by atoms with E-state index in [1.165, 1.54) is 0 Å². The summed E-state index contributed by atoms with van der Waals surface area (Å²) in [7, 11) is 0. The van der Waals surface area contributed by atoms with Crippen molar-refractivity contribution in [2.75, 3.05) is 13.2 Å². The smallest absolute Gasteiger partial charge is 0.0951 e. The van der Waals surface area contributed by atoms with Gasteiger partial charge in [0.25, 0.3) is 0 Å². The number of aliphatic hydroxyl groups excluding tert-OH is 4. The predicted molar refractivity (Wildman–Crippen MR) is 65.7 cm³/mol. The normalized spacial score (nSPS) is 29.9. The Morgan fingerprint density at radius 3 is 2.39 bits per heavy atom. The van der Waals surface area contributed by atoms with Gasteiger partial charge in [-0.3, -0.25) is 4.90 Å². The zero-order chi connectivity index (χ0) is 13.1. The molecule has 1 aliphatic heterocycles. The van der Waals surface area contributed by atoms with E-state index in [1.54, 1.807) is 0 Å². The minimum absolute atomic E-state index is 0.164. The minimum atomic E-state index is -0.994. The second kappa shape index (κ2) is 5.77. The molecule has 1 aromatic carbocycles. The Morgan fingerprint density at radius 1 is 1.17 bits per heavy atom. The van der Waals surface area contributed by atoms with Gasteiger partial charge in [-0.1, -0.05) is 30.3 Å². The van der Waals surface area contributed by atoms with Gasteiger partial charge in [0.15, 0.2) is 0 Å². The molecule has 0 spiro atoms. The Bertz CT molecular complexity index is 373. The van der Waals surface area contributed by atoms with Crippen LogP contribution in [-0.4, -0.2) is 62.8 Å². The number of hydrogen-bond acceptors (Lipinski definition) is 5. The van der Waals surface area contributed by atoms with Crippen molar-refractivity contribution in [2.24, 2.45) is 0 Å². The Morgan fingerprint density at radius 2 is 1.83 bits per heavy atom. The Labute approximate surface area is 106 Å². The molecule has 2 rings (SSSR count). The lowest BCUT2D eigenvalue weighted by atomic mass is 9.85. The van der Waals surface area contributed by atoms with Crippen LogP contribution >= 0.6 is 0 Å². The second-order valence-electron chi connectivity index (χ2n) is 4.64. The van der Waals surface area contributed by atoms with E-state index in [-0.39, 0.29) is 12.6 Å². The fourth-order valence-electron chi connectivity index (χ4n) is 2.53. The molecule has 0 amide bonds. The standard InChI is InChI=1S/C13H19NO4/c15-7-10-13(18)12(11(17)8-16)14(10)6-9-4-2-1-3-5-9/h1-5,10-13,15-18H,6-8H2/t10-,11-,12+,13+/m0/s1. The van der Waals surface area contributed by atoms with E-state index < -0.39 is 24.9 Å². The van der Waals surface area contributed by atoms with Gasteiger partial charge in [-0.25, -0.2) is 0 Å². The summed E-state index contributed by atoms with van der Waals surface area (Å²) >= 11 is 0. The fraction of sp³-hybridized carbons (Fsp3) is 0.538. The van der Waals surface area contributed by atoms with E-state index in [0.717, 1.165) is 5.56 Å². The van der Waals surface area contributed by atoms with Gasteiger partial charge >= 0.3 is 0 Å². The third kappa shape index (κ3) is 2.41. The van der Waals surface area contributed by atoms with Crippen LogP contribution in [0.3, 0.4) is 0 Å². The zero-order valence-corrected chi connectivity index (χ0v) is 10.1. The van der Waals surface area contributed by atoms with E-state index in [1.807, 2.05) is 35.2 Å². The zero-order valence-electron chi connectivity index (χ0n) is 10.1. The molecule has 0 aromatic heterocycles. The van der Waals surface area contributed by atoms with Gasteiger partial charge in [0, 0.05) is 6.54 Å². The van der Waals surface area contributed by atoms with Gasteiger partial charge in [-0.2, -0.15) is 0 Å². The Balaban J connectivity index is 2.08. The summed E-state index contributed by atoms with van der Waals surface area (Å²) in [6, 6.07) is 8.73. The molecule has 0 unspecified atom stereocenters. The maximum absolute atomic E-state index is 9.84. The molecule has 1 saturated heterocycles. The number of nitrogens with zero attached hydrogens (tertiary/aromatic N) is 1. The van der Waals surface area contributed by atoms with E-state index in [9.17, 15) is 15.3 Å². The molecule has 4 N–H and O–H groups in total. The van der Waals surface area contributed by atoms with E-state index in [2.05, 4.69) is 0 Å². The van der Waals surface area contributed by atoms with Crippen LogP contribution in [0.2, 0.25) is 0 Å². The molecule has 1 fully saturated rings. The predicted octanol–water partition coefficient (Wildman–Crippen LogP) is -1.05. The molecule has 0 bridgehead atoms. The SMILES string of the molecule is OC[C@H](O)[C@@H]1[C@H](O)[C@H](CO)N1Cc1ccccc1. The first kappa shape index (κ1) is 13.5. The summed E-state index contributed by atoms with van der Waals surface area (Å²) in [6.45, 7) is -0.0291.